The molecule has 0 unspecified atom stereocenters. The highest BCUT2D eigenvalue weighted by atomic mass is 16.4. The lowest BCUT2D eigenvalue weighted by Crippen LogP contribution is -1.68. The normalized spacial score (nSPS) is 11.7. The van der Waals surface area contributed by atoms with Crippen molar-refractivity contribution in [1.29, 1.82) is 0 Å². The van der Waals surface area contributed by atoms with Gasteiger partial charge in [-0.15, -0.1) is 0 Å². The molecule has 0 bridgehead atoms. The minimum absolute atomic E-state index is 0.302. The maximum absolute atomic E-state index is 10.5. The first-order chi connectivity index (χ1) is 10.7. The molecule has 3 aromatic rings. The fourth-order valence-corrected chi connectivity index (χ4v) is 1.94. The van der Waals surface area contributed by atoms with Crippen LogP contribution in [-0.4, -0.2) is 6.29 Å². The molecule has 0 aliphatic rings. The third-order valence-corrected chi connectivity index (χ3v) is 3.00. The van der Waals surface area contributed by atoms with Crippen LogP contribution in [0, 0.1) is 6.92 Å². The SMILES string of the molecule is Cc1ccc(/C=C/c2ccc(/C=C/c3ccc(C=O)o3)o2)o1. The quantitative estimate of drug-likeness (QED) is 0.626. The van der Waals surface area contributed by atoms with Gasteiger partial charge in [0.2, 0.25) is 0 Å². The van der Waals surface area contributed by atoms with E-state index in [2.05, 4.69) is 0 Å². The zero-order chi connectivity index (χ0) is 15.4. The number of aryl methyl sites for hydroxylation is 1. The first-order valence-electron chi connectivity index (χ1n) is 6.80. The van der Waals surface area contributed by atoms with Gasteiger partial charge in [-0.25, -0.2) is 0 Å². The van der Waals surface area contributed by atoms with Gasteiger partial charge in [0.05, 0.1) is 0 Å². The smallest absolute Gasteiger partial charge is 0.185 e. The fraction of sp³-hybridized carbons (Fsp3) is 0.0556. The van der Waals surface area contributed by atoms with Crippen molar-refractivity contribution in [2.75, 3.05) is 0 Å². The Morgan fingerprint density at radius 3 is 1.45 bits per heavy atom. The Balaban J connectivity index is 1.68. The van der Waals surface area contributed by atoms with Crippen molar-refractivity contribution in [1.82, 2.24) is 0 Å². The molecule has 110 valence electrons. The molecule has 22 heavy (non-hydrogen) atoms. The number of hydrogen-bond donors (Lipinski definition) is 0. The molecule has 0 saturated heterocycles. The summed E-state index contributed by atoms with van der Waals surface area (Å²) in [6.07, 6.45) is 7.88. The number of carbonyl (C=O) groups is 1. The molecule has 3 heterocycles. The van der Waals surface area contributed by atoms with Gasteiger partial charge in [-0.05, 0) is 67.6 Å². The summed E-state index contributed by atoms with van der Waals surface area (Å²) in [4.78, 5) is 10.5. The molecule has 0 fully saturated rings. The molecule has 0 N–H and O–H groups in total. The molecule has 0 aliphatic carbocycles. The van der Waals surface area contributed by atoms with Gasteiger partial charge in [-0.3, -0.25) is 4.79 Å². The second-order valence-corrected chi connectivity index (χ2v) is 4.71. The van der Waals surface area contributed by atoms with E-state index in [1.54, 1.807) is 24.3 Å². The van der Waals surface area contributed by atoms with Gasteiger partial charge in [0, 0.05) is 0 Å². The van der Waals surface area contributed by atoms with Crippen molar-refractivity contribution in [3.63, 3.8) is 0 Å². The predicted molar refractivity (Wildman–Crippen MR) is 84.1 cm³/mol. The zero-order valence-electron chi connectivity index (χ0n) is 12.0. The summed E-state index contributed by atoms with van der Waals surface area (Å²) in [6, 6.07) is 10.9. The van der Waals surface area contributed by atoms with Crippen molar-refractivity contribution >= 4 is 30.6 Å². The number of aldehydes is 1. The van der Waals surface area contributed by atoms with Gasteiger partial charge in [-0.2, -0.15) is 0 Å². The molecule has 0 atom stereocenters. The minimum Gasteiger partial charge on any atom is -0.462 e. The standard InChI is InChI=1S/C18H14O4/c1-13-2-3-14(20-13)4-5-15-6-7-16(21-15)8-9-17-10-11-18(12-19)22-17/h2-12H,1H3/b5-4+,9-8+. The fourth-order valence-electron chi connectivity index (χ4n) is 1.94. The van der Waals surface area contributed by atoms with E-state index in [-0.39, 0.29) is 0 Å². The monoisotopic (exact) mass is 294 g/mol. The van der Waals surface area contributed by atoms with Crippen molar-refractivity contribution in [2.45, 2.75) is 6.92 Å². The second kappa shape index (κ2) is 6.18. The highest BCUT2D eigenvalue weighted by molar-refractivity contribution is 5.73. The molecule has 4 nitrogen and oxygen atoms in total. The molecule has 0 saturated carbocycles. The van der Waals surface area contributed by atoms with E-state index in [0.29, 0.717) is 23.6 Å². The summed E-state index contributed by atoms with van der Waals surface area (Å²) in [5, 5.41) is 0. The highest BCUT2D eigenvalue weighted by Gasteiger charge is 1.99. The average Bonchev–Trinajstić information content (AvgIpc) is 3.24. The lowest BCUT2D eigenvalue weighted by molar-refractivity contribution is 0.110. The summed E-state index contributed by atoms with van der Waals surface area (Å²) in [6.45, 7) is 1.90. The van der Waals surface area contributed by atoms with Gasteiger partial charge in [0.25, 0.3) is 0 Å². The zero-order valence-corrected chi connectivity index (χ0v) is 12.0. The van der Waals surface area contributed by atoms with Crippen molar-refractivity contribution in [3.05, 3.63) is 71.0 Å². The van der Waals surface area contributed by atoms with Gasteiger partial charge >= 0.3 is 0 Å². The summed E-state index contributed by atoms with van der Waals surface area (Å²) >= 11 is 0. The molecule has 0 amide bonds. The van der Waals surface area contributed by atoms with Crippen LogP contribution in [0.15, 0.2) is 49.6 Å². The summed E-state index contributed by atoms with van der Waals surface area (Å²) in [5.74, 6) is 3.97. The topological polar surface area (TPSA) is 56.5 Å². The van der Waals surface area contributed by atoms with Crippen molar-refractivity contribution < 1.29 is 18.0 Å². The summed E-state index contributed by atoms with van der Waals surface area (Å²) in [7, 11) is 0. The number of rotatable bonds is 5. The third kappa shape index (κ3) is 3.35. The van der Waals surface area contributed by atoms with E-state index in [0.717, 1.165) is 17.3 Å². The number of carbonyl (C=O) groups excluding carboxylic acids is 1. The van der Waals surface area contributed by atoms with E-state index in [4.69, 9.17) is 13.3 Å². The molecular weight excluding hydrogens is 280 g/mol. The maximum Gasteiger partial charge on any atom is 0.185 e. The Kier molecular flexibility index (Phi) is 3.92. The predicted octanol–water partition coefficient (Wildman–Crippen LogP) is 4.93. The Bertz CT molecular complexity index is 827. The van der Waals surface area contributed by atoms with Crippen molar-refractivity contribution in [2.24, 2.45) is 0 Å². The van der Waals surface area contributed by atoms with Crippen LogP contribution in [-0.2, 0) is 0 Å². The van der Waals surface area contributed by atoms with Crippen molar-refractivity contribution in [3.8, 4) is 0 Å². The lowest BCUT2D eigenvalue weighted by Gasteiger charge is -1.87. The van der Waals surface area contributed by atoms with Crippen LogP contribution in [0.1, 0.15) is 39.4 Å². The molecule has 4 heteroatoms. The Hall–Kier alpha value is -3.01. The minimum atomic E-state index is 0.302. The van der Waals surface area contributed by atoms with E-state index >= 15 is 0 Å². The van der Waals surface area contributed by atoms with Gasteiger partial charge in [-0.1, -0.05) is 0 Å². The molecule has 3 aromatic heterocycles. The van der Waals surface area contributed by atoms with Gasteiger partial charge in [0.1, 0.15) is 28.8 Å². The van der Waals surface area contributed by atoms with Crippen LogP contribution in [0.3, 0.4) is 0 Å². The second-order valence-electron chi connectivity index (χ2n) is 4.71. The molecular formula is C18H14O4. The van der Waals surface area contributed by atoms with Crippen LogP contribution in [0.2, 0.25) is 0 Å². The van der Waals surface area contributed by atoms with Crippen LogP contribution < -0.4 is 0 Å². The molecule has 0 spiro atoms. The lowest BCUT2D eigenvalue weighted by atomic mass is 10.3. The molecule has 0 radical (unpaired) electrons. The molecule has 3 rings (SSSR count). The largest absolute Gasteiger partial charge is 0.462 e. The van der Waals surface area contributed by atoms with Crippen LogP contribution in [0.5, 0.6) is 0 Å². The average molecular weight is 294 g/mol. The van der Waals surface area contributed by atoms with E-state index in [1.807, 2.05) is 43.3 Å². The maximum atomic E-state index is 10.5. The van der Waals surface area contributed by atoms with Gasteiger partial charge < -0.3 is 13.3 Å². The van der Waals surface area contributed by atoms with Crippen LogP contribution in [0.4, 0.5) is 0 Å². The Labute approximate surface area is 127 Å². The first kappa shape index (κ1) is 13.9. The first-order valence-corrected chi connectivity index (χ1v) is 6.80. The molecule has 0 aromatic carbocycles. The number of furan rings is 3. The Morgan fingerprint density at radius 2 is 1.05 bits per heavy atom. The van der Waals surface area contributed by atoms with Crippen LogP contribution in [0.25, 0.3) is 24.3 Å². The molecule has 0 aliphatic heterocycles. The van der Waals surface area contributed by atoms with Crippen LogP contribution >= 0.6 is 0 Å². The number of hydrogen-bond acceptors (Lipinski definition) is 4. The third-order valence-electron chi connectivity index (χ3n) is 3.00. The Morgan fingerprint density at radius 1 is 0.636 bits per heavy atom. The highest BCUT2D eigenvalue weighted by Crippen LogP contribution is 2.16. The van der Waals surface area contributed by atoms with E-state index in [1.165, 1.54) is 0 Å². The summed E-state index contributed by atoms with van der Waals surface area (Å²) in [5.41, 5.74) is 0. The summed E-state index contributed by atoms with van der Waals surface area (Å²) < 4.78 is 16.3. The van der Waals surface area contributed by atoms with E-state index in [9.17, 15) is 4.79 Å². The van der Waals surface area contributed by atoms with Gasteiger partial charge in [0.15, 0.2) is 12.0 Å². The van der Waals surface area contributed by atoms with E-state index < -0.39 is 0 Å².